The van der Waals surface area contributed by atoms with Crippen LogP contribution in [-0.2, 0) is 12.0 Å². The molecule has 32 heavy (non-hydrogen) atoms. The van der Waals surface area contributed by atoms with Crippen molar-refractivity contribution in [3.63, 3.8) is 0 Å². The Balaban J connectivity index is 1.83. The van der Waals surface area contributed by atoms with Gasteiger partial charge in [0.15, 0.2) is 0 Å². The zero-order valence-electron chi connectivity index (χ0n) is 18.7. The van der Waals surface area contributed by atoms with Crippen molar-refractivity contribution < 1.29 is 18.7 Å². The van der Waals surface area contributed by atoms with Crippen LogP contribution in [0.25, 0.3) is 0 Å². The Kier molecular flexibility index (Phi) is 7.41. The minimum absolute atomic E-state index is 0.0545. The predicted octanol–water partition coefficient (Wildman–Crippen LogP) is 7.01. The maximum Gasteiger partial charge on any atom is 0.255 e. The Bertz CT molecular complexity index is 1110. The van der Waals surface area contributed by atoms with Gasteiger partial charge in [0, 0.05) is 16.8 Å². The molecule has 0 heterocycles. The van der Waals surface area contributed by atoms with Crippen molar-refractivity contribution >= 4 is 23.2 Å². The van der Waals surface area contributed by atoms with Crippen LogP contribution >= 0.6 is 11.6 Å². The summed E-state index contributed by atoms with van der Waals surface area (Å²) in [6.07, 6.45) is 0. The predicted molar refractivity (Wildman–Crippen MR) is 126 cm³/mol. The fourth-order valence-electron chi connectivity index (χ4n) is 3.27. The average molecular weight is 456 g/mol. The van der Waals surface area contributed by atoms with Crippen molar-refractivity contribution in [2.45, 2.75) is 39.7 Å². The van der Waals surface area contributed by atoms with E-state index in [0.29, 0.717) is 23.6 Å². The summed E-state index contributed by atoms with van der Waals surface area (Å²) in [6.45, 7) is 9.03. The van der Waals surface area contributed by atoms with Crippen LogP contribution in [0.1, 0.15) is 49.2 Å². The number of carbonyl (C=O) groups excluding carboxylic acids is 1. The highest BCUT2D eigenvalue weighted by atomic mass is 35.5. The molecule has 0 aliphatic heterocycles. The van der Waals surface area contributed by atoms with Crippen molar-refractivity contribution in [3.8, 4) is 11.5 Å². The van der Waals surface area contributed by atoms with E-state index in [-0.39, 0.29) is 23.0 Å². The van der Waals surface area contributed by atoms with E-state index in [1.165, 1.54) is 18.2 Å². The van der Waals surface area contributed by atoms with Crippen molar-refractivity contribution in [2.75, 3.05) is 11.9 Å². The molecule has 0 radical (unpaired) electrons. The molecule has 0 fully saturated rings. The van der Waals surface area contributed by atoms with Crippen LogP contribution in [-0.4, -0.2) is 12.5 Å². The summed E-state index contributed by atoms with van der Waals surface area (Å²) in [4.78, 5) is 12.8. The molecule has 0 unspecified atom stereocenters. The molecule has 3 aromatic rings. The Hall–Kier alpha value is -3.05. The van der Waals surface area contributed by atoms with E-state index >= 15 is 0 Å². The molecule has 1 amide bonds. The van der Waals surface area contributed by atoms with Gasteiger partial charge in [0.2, 0.25) is 0 Å². The van der Waals surface area contributed by atoms with Gasteiger partial charge in [0.25, 0.3) is 5.91 Å². The van der Waals surface area contributed by atoms with Gasteiger partial charge in [-0.05, 0) is 60.4 Å². The van der Waals surface area contributed by atoms with E-state index < -0.39 is 5.82 Å². The number of hydrogen-bond donors (Lipinski definition) is 1. The van der Waals surface area contributed by atoms with Gasteiger partial charge in [0.1, 0.15) is 23.9 Å². The highest BCUT2D eigenvalue weighted by molar-refractivity contribution is 6.31. The van der Waals surface area contributed by atoms with Crippen molar-refractivity contribution in [2.24, 2.45) is 0 Å². The van der Waals surface area contributed by atoms with Crippen LogP contribution in [0.4, 0.5) is 10.1 Å². The van der Waals surface area contributed by atoms with Crippen LogP contribution in [0, 0.1) is 5.82 Å². The van der Waals surface area contributed by atoms with Crippen molar-refractivity contribution in [1.82, 2.24) is 0 Å². The van der Waals surface area contributed by atoms with Crippen LogP contribution in [0.15, 0.2) is 60.7 Å². The Morgan fingerprint density at radius 1 is 1.00 bits per heavy atom. The summed E-state index contributed by atoms with van der Waals surface area (Å²) in [6, 6.07) is 17.1. The second-order valence-corrected chi connectivity index (χ2v) is 8.78. The standard InChI is InChI=1S/C26H27ClFNO3/c1-5-31-23-13-10-17(25(30)29-19-11-12-22(28)21(27)15-19)14-18(23)16-32-24-9-7-6-8-20(24)26(2,3)4/h6-15H,5,16H2,1-4H3,(H,29,30). The summed E-state index contributed by atoms with van der Waals surface area (Å²) in [7, 11) is 0. The summed E-state index contributed by atoms with van der Waals surface area (Å²) in [5.41, 5.74) is 2.61. The zero-order chi connectivity index (χ0) is 23.3. The van der Waals surface area contributed by atoms with Gasteiger partial charge in [-0.1, -0.05) is 50.6 Å². The third-order valence-electron chi connectivity index (χ3n) is 4.88. The maximum atomic E-state index is 13.4. The quantitative estimate of drug-likeness (QED) is 0.417. The Labute approximate surface area is 193 Å². The number of carbonyl (C=O) groups is 1. The highest BCUT2D eigenvalue weighted by Crippen LogP contribution is 2.32. The molecule has 0 aliphatic carbocycles. The molecule has 6 heteroatoms. The lowest BCUT2D eigenvalue weighted by atomic mass is 9.86. The van der Waals surface area contributed by atoms with Gasteiger partial charge in [-0.2, -0.15) is 0 Å². The lowest BCUT2D eigenvalue weighted by Gasteiger charge is -2.23. The monoisotopic (exact) mass is 455 g/mol. The molecule has 0 atom stereocenters. The second-order valence-electron chi connectivity index (χ2n) is 8.37. The molecule has 0 bridgehead atoms. The molecule has 1 N–H and O–H groups in total. The van der Waals surface area contributed by atoms with Gasteiger partial charge < -0.3 is 14.8 Å². The molecule has 3 aromatic carbocycles. The lowest BCUT2D eigenvalue weighted by molar-refractivity contribution is 0.102. The minimum Gasteiger partial charge on any atom is -0.493 e. The lowest BCUT2D eigenvalue weighted by Crippen LogP contribution is -2.14. The fraction of sp³-hybridized carbons (Fsp3) is 0.269. The largest absolute Gasteiger partial charge is 0.493 e. The average Bonchev–Trinajstić information content (AvgIpc) is 2.75. The number of rotatable bonds is 7. The third kappa shape index (κ3) is 5.80. The second kappa shape index (κ2) is 10.0. The molecule has 0 aliphatic rings. The molecule has 0 spiro atoms. The summed E-state index contributed by atoms with van der Waals surface area (Å²) in [5, 5.41) is 2.68. The molecule has 168 valence electrons. The first-order chi connectivity index (χ1) is 15.2. The first-order valence-electron chi connectivity index (χ1n) is 10.4. The maximum absolute atomic E-state index is 13.4. The van der Waals surface area contributed by atoms with Crippen molar-refractivity contribution in [3.05, 3.63) is 88.2 Å². The summed E-state index contributed by atoms with van der Waals surface area (Å²) < 4.78 is 25.3. The van der Waals surface area contributed by atoms with E-state index in [9.17, 15) is 9.18 Å². The molecular formula is C26H27ClFNO3. The van der Waals surface area contributed by atoms with Crippen LogP contribution < -0.4 is 14.8 Å². The van der Waals surface area contributed by atoms with E-state index in [1.807, 2.05) is 25.1 Å². The molecule has 0 saturated heterocycles. The normalized spacial score (nSPS) is 11.2. The number of benzene rings is 3. The van der Waals surface area contributed by atoms with E-state index in [4.69, 9.17) is 21.1 Å². The van der Waals surface area contributed by atoms with E-state index in [0.717, 1.165) is 16.9 Å². The fourth-order valence-corrected chi connectivity index (χ4v) is 3.46. The highest BCUT2D eigenvalue weighted by Gasteiger charge is 2.19. The van der Waals surface area contributed by atoms with Gasteiger partial charge in [-0.25, -0.2) is 4.39 Å². The first kappa shape index (κ1) is 23.6. The molecule has 4 nitrogen and oxygen atoms in total. The molecular weight excluding hydrogens is 429 g/mol. The Morgan fingerprint density at radius 2 is 1.75 bits per heavy atom. The van der Waals surface area contributed by atoms with Gasteiger partial charge in [-0.15, -0.1) is 0 Å². The SMILES string of the molecule is CCOc1ccc(C(=O)Nc2ccc(F)c(Cl)c2)cc1COc1ccccc1C(C)(C)C. The van der Waals surface area contributed by atoms with Crippen LogP contribution in [0.2, 0.25) is 5.02 Å². The molecule has 0 saturated carbocycles. The summed E-state index contributed by atoms with van der Waals surface area (Å²) >= 11 is 5.81. The van der Waals surface area contributed by atoms with Crippen molar-refractivity contribution in [1.29, 1.82) is 0 Å². The van der Waals surface area contributed by atoms with Gasteiger partial charge >= 0.3 is 0 Å². The zero-order valence-corrected chi connectivity index (χ0v) is 19.4. The smallest absolute Gasteiger partial charge is 0.255 e. The third-order valence-corrected chi connectivity index (χ3v) is 5.17. The number of ether oxygens (including phenoxy) is 2. The number of anilines is 1. The Morgan fingerprint density at radius 3 is 2.44 bits per heavy atom. The molecule has 0 aromatic heterocycles. The summed E-state index contributed by atoms with van der Waals surface area (Å²) in [5.74, 6) is 0.563. The van der Waals surface area contributed by atoms with Crippen LogP contribution in [0.3, 0.4) is 0 Å². The number of para-hydroxylation sites is 1. The molecule has 3 rings (SSSR count). The number of halogens is 2. The number of hydrogen-bond acceptors (Lipinski definition) is 3. The van der Waals surface area contributed by atoms with Crippen LogP contribution in [0.5, 0.6) is 11.5 Å². The van der Waals surface area contributed by atoms with Gasteiger partial charge in [0.05, 0.1) is 11.6 Å². The first-order valence-corrected chi connectivity index (χ1v) is 10.8. The number of amides is 1. The van der Waals surface area contributed by atoms with E-state index in [1.54, 1.807) is 18.2 Å². The van der Waals surface area contributed by atoms with E-state index in [2.05, 4.69) is 32.2 Å². The minimum atomic E-state index is -0.541. The topological polar surface area (TPSA) is 47.6 Å². The number of nitrogens with one attached hydrogen (secondary N) is 1. The van der Waals surface area contributed by atoms with Gasteiger partial charge in [-0.3, -0.25) is 4.79 Å².